The Balaban J connectivity index is 1.65. The minimum atomic E-state index is -0.789. The van der Waals surface area contributed by atoms with Crippen molar-refractivity contribution in [3.63, 3.8) is 0 Å². The van der Waals surface area contributed by atoms with Crippen LogP contribution < -0.4 is 22.3 Å². The van der Waals surface area contributed by atoms with Crippen LogP contribution >= 0.6 is 0 Å². The summed E-state index contributed by atoms with van der Waals surface area (Å²) in [5, 5.41) is 2.73. The van der Waals surface area contributed by atoms with Crippen LogP contribution in [0.5, 0.6) is 0 Å². The van der Waals surface area contributed by atoms with Crippen molar-refractivity contribution in [3.05, 3.63) is 50.3 Å². The van der Waals surface area contributed by atoms with E-state index in [4.69, 9.17) is 5.73 Å². The third-order valence-electron chi connectivity index (χ3n) is 5.06. The fourth-order valence-electron chi connectivity index (χ4n) is 3.61. The Bertz CT molecular complexity index is 979. The van der Waals surface area contributed by atoms with Crippen LogP contribution in [0.4, 0.5) is 0 Å². The molecule has 3 rings (SSSR count). The Kier molecular flexibility index (Phi) is 6.27. The lowest BCUT2D eigenvalue weighted by atomic mass is 10.1. The molecular formula is C18H25N7O4. The van der Waals surface area contributed by atoms with E-state index >= 15 is 0 Å². The summed E-state index contributed by atoms with van der Waals surface area (Å²) >= 11 is 0. The van der Waals surface area contributed by atoms with Crippen LogP contribution in [0.2, 0.25) is 0 Å². The van der Waals surface area contributed by atoms with E-state index in [-0.39, 0.29) is 24.8 Å². The number of hydrogen-bond donors (Lipinski definition) is 5. The van der Waals surface area contributed by atoms with E-state index in [0.717, 1.165) is 0 Å². The second-order valence-corrected chi connectivity index (χ2v) is 7.00. The molecule has 2 atom stereocenters. The SMILES string of the molecule is CCc1c(CNC(=O)[C@@H]2CCCN2C(=O)[C@@H](N)Cc2c[nH]cn2)[nH]c(=O)[nH]c1=O. The number of rotatable bonds is 7. The molecule has 2 aromatic heterocycles. The second-order valence-electron chi connectivity index (χ2n) is 7.00. The first-order chi connectivity index (χ1) is 13.9. The summed E-state index contributed by atoms with van der Waals surface area (Å²) in [6.45, 7) is 2.23. The molecule has 11 nitrogen and oxygen atoms in total. The van der Waals surface area contributed by atoms with Crippen LogP contribution in [0.1, 0.15) is 36.7 Å². The summed E-state index contributed by atoms with van der Waals surface area (Å²) in [6.07, 6.45) is 5.10. The topological polar surface area (TPSA) is 170 Å². The van der Waals surface area contributed by atoms with E-state index in [1.807, 2.05) is 0 Å². The van der Waals surface area contributed by atoms with E-state index in [2.05, 4.69) is 25.3 Å². The fraction of sp³-hybridized carbons (Fsp3) is 0.500. The molecule has 2 amide bonds. The fourth-order valence-corrected chi connectivity index (χ4v) is 3.61. The van der Waals surface area contributed by atoms with Crippen LogP contribution in [0.3, 0.4) is 0 Å². The number of hydrogen-bond acceptors (Lipinski definition) is 6. The molecule has 1 aliphatic heterocycles. The average molecular weight is 403 g/mol. The van der Waals surface area contributed by atoms with Crippen molar-refractivity contribution < 1.29 is 9.59 Å². The molecule has 0 saturated carbocycles. The normalized spacial score (nSPS) is 17.3. The highest BCUT2D eigenvalue weighted by molar-refractivity contribution is 5.90. The van der Waals surface area contributed by atoms with Gasteiger partial charge in [-0.15, -0.1) is 0 Å². The zero-order chi connectivity index (χ0) is 21.0. The predicted octanol–water partition coefficient (Wildman–Crippen LogP) is -1.47. The molecule has 1 saturated heterocycles. The number of likely N-dealkylation sites (tertiary alicyclic amines) is 1. The van der Waals surface area contributed by atoms with Gasteiger partial charge in [-0.1, -0.05) is 6.92 Å². The molecule has 156 valence electrons. The molecule has 2 aromatic rings. The number of nitrogens with two attached hydrogens (primary N) is 1. The molecule has 3 heterocycles. The van der Waals surface area contributed by atoms with E-state index in [0.29, 0.717) is 42.8 Å². The molecule has 0 bridgehead atoms. The zero-order valence-corrected chi connectivity index (χ0v) is 16.2. The van der Waals surface area contributed by atoms with Gasteiger partial charge in [-0.2, -0.15) is 0 Å². The van der Waals surface area contributed by atoms with Gasteiger partial charge in [-0.3, -0.25) is 19.4 Å². The first kappa shape index (κ1) is 20.5. The molecule has 0 unspecified atom stereocenters. The molecule has 1 fully saturated rings. The molecular weight excluding hydrogens is 378 g/mol. The van der Waals surface area contributed by atoms with E-state index in [9.17, 15) is 19.2 Å². The monoisotopic (exact) mass is 403 g/mol. The summed E-state index contributed by atoms with van der Waals surface area (Å²) < 4.78 is 0. The van der Waals surface area contributed by atoms with Gasteiger partial charge in [0.2, 0.25) is 11.8 Å². The van der Waals surface area contributed by atoms with Crippen LogP contribution in [0.25, 0.3) is 0 Å². The van der Waals surface area contributed by atoms with Gasteiger partial charge < -0.3 is 25.9 Å². The van der Waals surface area contributed by atoms with Gasteiger partial charge in [0, 0.05) is 30.4 Å². The minimum Gasteiger partial charge on any atom is -0.351 e. The summed E-state index contributed by atoms with van der Waals surface area (Å²) in [7, 11) is 0. The van der Waals surface area contributed by atoms with E-state index in [1.54, 1.807) is 13.1 Å². The van der Waals surface area contributed by atoms with E-state index < -0.39 is 23.3 Å². The molecule has 0 aromatic carbocycles. The molecule has 0 aliphatic carbocycles. The van der Waals surface area contributed by atoms with Gasteiger partial charge in [0.25, 0.3) is 5.56 Å². The quantitative estimate of drug-likeness (QED) is 0.378. The van der Waals surface area contributed by atoms with Gasteiger partial charge in [0.05, 0.1) is 24.6 Å². The maximum Gasteiger partial charge on any atom is 0.325 e. The standard InChI is InChI=1S/C18H25N7O4/c1-2-11-13(23-18(29)24-15(11)26)8-21-16(27)14-4-3-5-25(14)17(28)12(19)6-10-7-20-9-22-10/h7,9,12,14H,2-6,8,19H2,1H3,(H,20,22)(H,21,27)(H2,23,24,26,29)/t12-,14-/m0/s1. The average Bonchev–Trinajstić information content (AvgIpc) is 3.37. The molecule has 0 spiro atoms. The maximum atomic E-state index is 12.7. The number of amides is 2. The lowest BCUT2D eigenvalue weighted by Gasteiger charge is -2.26. The summed E-state index contributed by atoms with van der Waals surface area (Å²) in [5.74, 6) is -0.643. The molecule has 6 N–H and O–H groups in total. The minimum absolute atomic E-state index is 0.000971. The molecule has 29 heavy (non-hydrogen) atoms. The van der Waals surface area contributed by atoms with E-state index in [1.165, 1.54) is 11.2 Å². The van der Waals surface area contributed by atoms with Crippen molar-refractivity contribution in [1.82, 2.24) is 30.2 Å². The third-order valence-corrected chi connectivity index (χ3v) is 5.06. The van der Waals surface area contributed by atoms with Gasteiger partial charge >= 0.3 is 5.69 Å². The van der Waals surface area contributed by atoms with Crippen LogP contribution in [-0.4, -0.2) is 55.3 Å². The smallest absolute Gasteiger partial charge is 0.325 e. The van der Waals surface area contributed by atoms with Crippen molar-refractivity contribution >= 4 is 11.8 Å². The molecule has 11 heteroatoms. The predicted molar refractivity (Wildman–Crippen MR) is 104 cm³/mol. The van der Waals surface area contributed by atoms with Crippen LogP contribution in [0, 0.1) is 0 Å². The highest BCUT2D eigenvalue weighted by Crippen LogP contribution is 2.19. The summed E-state index contributed by atoms with van der Waals surface area (Å²) in [4.78, 5) is 62.0. The Hall–Kier alpha value is -3.21. The number of aromatic amines is 3. The molecule has 1 aliphatic rings. The Labute approximate surface area is 166 Å². The third kappa shape index (κ3) is 4.62. The van der Waals surface area contributed by atoms with Crippen molar-refractivity contribution in [2.75, 3.05) is 6.54 Å². The van der Waals surface area contributed by atoms with Crippen molar-refractivity contribution in [1.29, 1.82) is 0 Å². The highest BCUT2D eigenvalue weighted by atomic mass is 16.2. The number of nitrogens with one attached hydrogen (secondary N) is 4. The zero-order valence-electron chi connectivity index (χ0n) is 16.2. The first-order valence-corrected chi connectivity index (χ1v) is 9.56. The van der Waals surface area contributed by atoms with Crippen LogP contribution in [-0.2, 0) is 29.0 Å². The number of carbonyl (C=O) groups is 2. The molecule has 0 radical (unpaired) electrons. The Morgan fingerprint density at radius 2 is 2.17 bits per heavy atom. The number of aromatic nitrogens is 4. The first-order valence-electron chi connectivity index (χ1n) is 9.56. The number of H-pyrrole nitrogens is 3. The van der Waals surface area contributed by atoms with Gasteiger partial charge in [-0.05, 0) is 19.3 Å². The lowest BCUT2D eigenvalue weighted by Crippen LogP contribution is -2.51. The highest BCUT2D eigenvalue weighted by Gasteiger charge is 2.36. The Morgan fingerprint density at radius 1 is 1.38 bits per heavy atom. The number of carbonyl (C=O) groups excluding carboxylic acids is 2. The van der Waals surface area contributed by atoms with Gasteiger partial charge in [0.15, 0.2) is 0 Å². The number of nitrogens with zero attached hydrogens (tertiary/aromatic N) is 2. The van der Waals surface area contributed by atoms with Crippen molar-refractivity contribution in [2.45, 2.75) is 51.2 Å². The van der Waals surface area contributed by atoms with Gasteiger partial charge in [0.1, 0.15) is 6.04 Å². The second kappa shape index (κ2) is 8.86. The van der Waals surface area contributed by atoms with Crippen molar-refractivity contribution in [2.24, 2.45) is 5.73 Å². The Morgan fingerprint density at radius 3 is 2.86 bits per heavy atom. The lowest BCUT2D eigenvalue weighted by molar-refractivity contribution is -0.139. The van der Waals surface area contributed by atoms with Gasteiger partial charge in [-0.25, -0.2) is 9.78 Å². The maximum absolute atomic E-state index is 12.7. The summed E-state index contributed by atoms with van der Waals surface area (Å²) in [5.41, 5.74) is 6.38. The van der Waals surface area contributed by atoms with Crippen molar-refractivity contribution in [3.8, 4) is 0 Å². The van der Waals surface area contributed by atoms with Crippen LogP contribution in [0.15, 0.2) is 22.1 Å². The number of imidazole rings is 1. The largest absolute Gasteiger partial charge is 0.351 e. The summed E-state index contributed by atoms with van der Waals surface area (Å²) in [6, 6.07) is -1.42.